The molecular weight excluding hydrogens is 248 g/mol. The van der Waals surface area contributed by atoms with E-state index >= 15 is 0 Å². The predicted molar refractivity (Wildman–Crippen MR) is 73.0 cm³/mol. The van der Waals surface area contributed by atoms with Gasteiger partial charge in [0, 0.05) is 35.0 Å². The van der Waals surface area contributed by atoms with E-state index in [0.29, 0.717) is 6.54 Å². The summed E-state index contributed by atoms with van der Waals surface area (Å²) in [5.74, 6) is 0.0239. The Morgan fingerprint density at radius 2 is 2.22 bits per heavy atom. The van der Waals surface area contributed by atoms with Gasteiger partial charge in [-0.25, -0.2) is 0 Å². The zero-order chi connectivity index (χ0) is 12.8. The number of fused-ring (bicyclic) bond motifs is 1. The lowest BCUT2D eigenvalue weighted by molar-refractivity contribution is -0.135. The van der Waals surface area contributed by atoms with E-state index in [9.17, 15) is 4.79 Å². The quantitative estimate of drug-likeness (QED) is 0.616. The third kappa shape index (κ3) is 3.72. The summed E-state index contributed by atoms with van der Waals surface area (Å²) in [5, 5.41) is 13.6. The van der Waals surface area contributed by atoms with Gasteiger partial charge in [-0.2, -0.15) is 0 Å². The van der Waals surface area contributed by atoms with E-state index in [0.717, 1.165) is 11.1 Å². The minimum absolute atomic E-state index is 0.0161. The summed E-state index contributed by atoms with van der Waals surface area (Å²) in [6.45, 7) is 0.699. The minimum Gasteiger partial charge on any atom is -0.480 e. The number of carbonyl (C=O) groups is 1. The summed E-state index contributed by atoms with van der Waals surface area (Å²) >= 11 is 1.70. The summed E-state index contributed by atoms with van der Waals surface area (Å²) in [5.41, 5.74) is 0. The topological polar surface area (TPSA) is 62.2 Å². The Morgan fingerprint density at radius 3 is 3.06 bits per heavy atom. The number of benzene rings is 1. The lowest BCUT2D eigenvalue weighted by Gasteiger charge is -2.04. The molecule has 2 N–H and O–H groups in total. The zero-order valence-corrected chi connectivity index (χ0v) is 10.6. The predicted octanol–water partition coefficient (Wildman–Crippen LogP) is 2.00. The van der Waals surface area contributed by atoms with Crippen molar-refractivity contribution < 1.29 is 9.90 Å². The summed E-state index contributed by atoms with van der Waals surface area (Å²) in [4.78, 5) is 15.6. The van der Waals surface area contributed by atoms with Crippen LogP contribution in [-0.4, -0.2) is 34.9 Å². The molecule has 2 rings (SSSR count). The lowest BCUT2D eigenvalue weighted by Crippen LogP contribution is -2.24. The lowest BCUT2D eigenvalue weighted by atomic mass is 10.2. The molecular formula is C13H14N2O2S. The Labute approximate surface area is 109 Å². The van der Waals surface area contributed by atoms with Crippen LogP contribution in [0.2, 0.25) is 0 Å². The van der Waals surface area contributed by atoms with E-state index in [1.807, 2.05) is 12.3 Å². The van der Waals surface area contributed by atoms with Crippen molar-refractivity contribution >= 4 is 28.5 Å². The van der Waals surface area contributed by atoms with Crippen molar-refractivity contribution in [2.45, 2.75) is 4.90 Å². The smallest absolute Gasteiger partial charge is 0.317 e. The standard InChI is InChI=1S/C13H14N2O2S/c16-13(17)9-15-5-6-18-12-2-1-10-3-4-14-8-11(10)7-12/h1-4,7-8,15H,5-6,9H2,(H,16,17). The minimum atomic E-state index is -0.822. The molecule has 1 aromatic heterocycles. The van der Waals surface area contributed by atoms with E-state index in [1.54, 1.807) is 18.0 Å². The summed E-state index contributed by atoms with van der Waals surface area (Å²) < 4.78 is 0. The van der Waals surface area contributed by atoms with Crippen LogP contribution in [0.5, 0.6) is 0 Å². The van der Waals surface area contributed by atoms with Gasteiger partial charge in [0.25, 0.3) is 0 Å². The largest absolute Gasteiger partial charge is 0.480 e. The molecule has 0 atom stereocenters. The van der Waals surface area contributed by atoms with Crippen LogP contribution in [0, 0.1) is 0 Å². The van der Waals surface area contributed by atoms with Gasteiger partial charge >= 0.3 is 5.97 Å². The Hall–Kier alpha value is -1.59. The zero-order valence-electron chi connectivity index (χ0n) is 9.80. The van der Waals surface area contributed by atoms with Crippen molar-refractivity contribution in [3.63, 3.8) is 0 Å². The molecule has 0 amide bonds. The van der Waals surface area contributed by atoms with Crippen molar-refractivity contribution in [1.29, 1.82) is 0 Å². The Bertz CT molecular complexity index is 545. The molecule has 0 aliphatic carbocycles. The average molecular weight is 262 g/mol. The first-order valence-corrected chi connectivity index (χ1v) is 6.63. The molecule has 0 saturated heterocycles. The van der Waals surface area contributed by atoms with E-state index in [4.69, 9.17) is 5.11 Å². The molecule has 0 aliphatic rings. The van der Waals surface area contributed by atoms with Crippen molar-refractivity contribution in [1.82, 2.24) is 10.3 Å². The van der Waals surface area contributed by atoms with Crippen LogP contribution in [-0.2, 0) is 4.79 Å². The first-order valence-electron chi connectivity index (χ1n) is 5.65. The maximum Gasteiger partial charge on any atom is 0.317 e. The van der Waals surface area contributed by atoms with Crippen molar-refractivity contribution in [2.24, 2.45) is 0 Å². The number of carboxylic acids is 1. The number of aromatic nitrogens is 1. The van der Waals surface area contributed by atoms with Crippen molar-refractivity contribution in [2.75, 3.05) is 18.8 Å². The third-order valence-electron chi connectivity index (χ3n) is 2.44. The molecule has 2 aromatic rings. The average Bonchev–Trinajstić information content (AvgIpc) is 2.38. The first kappa shape index (κ1) is 12.9. The molecule has 1 heterocycles. The number of carboxylic acid groups (broad SMARTS) is 1. The highest BCUT2D eigenvalue weighted by atomic mass is 32.2. The molecule has 0 fully saturated rings. The van der Waals surface area contributed by atoms with Crippen LogP contribution >= 0.6 is 11.8 Å². The molecule has 0 bridgehead atoms. The van der Waals surface area contributed by atoms with Gasteiger partial charge in [-0.15, -0.1) is 11.8 Å². The molecule has 0 aliphatic heterocycles. The van der Waals surface area contributed by atoms with Crippen molar-refractivity contribution in [3.05, 3.63) is 36.7 Å². The van der Waals surface area contributed by atoms with E-state index < -0.39 is 5.97 Å². The normalized spacial score (nSPS) is 10.7. The van der Waals surface area contributed by atoms with Crippen LogP contribution in [0.25, 0.3) is 10.8 Å². The van der Waals surface area contributed by atoms with E-state index in [1.165, 1.54) is 10.3 Å². The highest BCUT2D eigenvalue weighted by Crippen LogP contribution is 2.22. The van der Waals surface area contributed by atoms with Gasteiger partial charge in [0.1, 0.15) is 0 Å². The molecule has 4 nitrogen and oxygen atoms in total. The third-order valence-corrected chi connectivity index (χ3v) is 3.43. The summed E-state index contributed by atoms with van der Waals surface area (Å²) in [7, 11) is 0. The number of hydrogen-bond donors (Lipinski definition) is 2. The van der Waals surface area contributed by atoms with Gasteiger partial charge in [-0.1, -0.05) is 6.07 Å². The maximum absolute atomic E-state index is 10.3. The summed E-state index contributed by atoms with van der Waals surface area (Å²) in [6, 6.07) is 8.23. The molecule has 5 heteroatoms. The highest BCUT2D eigenvalue weighted by molar-refractivity contribution is 7.99. The monoisotopic (exact) mass is 262 g/mol. The van der Waals surface area contributed by atoms with E-state index in [-0.39, 0.29) is 6.54 Å². The Morgan fingerprint density at radius 1 is 1.33 bits per heavy atom. The number of rotatable bonds is 6. The van der Waals surface area contributed by atoms with Crippen LogP contribution in [0.4, 0.5) is 0 Å². The van der Waals surface area contributed by atoms with Gasteiger partial charge in [-0.3, -0.25) is 9.78 Å². The molecule has 18 heavy (non-hydrogen) atoms. The van der Waals surface area contributed by atoms with Gasteiger partial charge < -0.3 is 10.4 Å². The van der Waals surface area contributed by atoms with Crippen molar-refractivity contribution in [3.8, 4) is 0 Å². The van der Waals surface area contributed by atoms with Gasteiger partial charge in [0.05, 0.1) is 6.54 Å². The van der Waals surface area contributed by atoms with Gasteiger partial charge in [0.15, 0.2) is 0 Å². The molecule has 1 aromatic carbocycles. The fraction of sp³-hybridized carbons (Fsp3) is 0.231. The fourth-order valence-corrected chi connectivity index (χ4v) is 2.45. The number of pyridine rings is 1. The molecule has 0 radical (unpaired) electrons. The maximum atomic E-state index is 10.3. The summed E-state index contributed by atoms with van der Waals surface area (Å²) in [6.07, 6.45) is 3.63. The highest BCUT2D eigenvalue weighted by Gasteiger charge is 1.98. The second-order valence-corrected chi connectivity index (χ2v) is 4.97. The van der Waals surface area contributed by atoms with E-state index in [2.05, 4.69) is 28.5 Å². The first-order chi connectivity index (χ1) is 8.75. The van der Waals surface area contributed by atoms with Gasteiger partial charge in [0.2, 0.25) is 0 Å². The molecule has 94 valence electrons. The van der Waals surface area contributed by atoms with Crippen LogP contribution in [0.15, 0.2) is 41.6 Å². The number of thioether (sulfide) groups is 1. The number of aliphatic carboxylic acids is 1. The molecule has 0 saturated carbocycles. The van der Waals surface area contributed by atoms with Crippen LogP contribution < -0.4 is 5.32 Å². The second-order valence-electron chi connectivity index (χ2n) is 3.80. The number of nitrogens with zero attached hydrogens (tertiary/aromatic N) is 1. The molecule has 0 unspecified atom stereocenters. The van der Waals surface area contributed by atoms with Crippen LogP contribution in [0.1, 0.15) is 0 Å². The van der Waals surface area contributed by atoms with Gasteiger partial charge in [-0.05, 0) is 23.6 Å². The number of nitrogens with one attached hydrogen (secondary N) is 1. The fourth-order valence-electron chi connectivity index (χ4n) is 1.59. The SMILES string of the molecule is O=C(O)CNCCSc1ccc2ccncc2c1. The molecule has 0 spiro atoms. The Kier molecular flexibility index (Phi) is 4.55. The number of hydrogen-bond acceptors (Lipinski definition) is 4. The van der Waals surface area contributed by atoms with Crippen LogP contribution in [0.3, 0.4) is 0 Å². The Balaban J connectivity index is 1.86. The second kappa shape index (κ2) is 6.37.